The van der Waals surface area contributed by atoms with Crippen molar-refractivity contribution in [3.05, 3.63) is 48.6 Å². The Morgan fingerprint density at radius 3 is 1.65 bits per heavy atom. The van der Waals surface area contributed by atoms with Gasteiger partial charge in [0, 0.05) is 19.4 Å². The van der Waals surface area contributed by atoms with Gasteiger partial charge in [-0.25, -0.2) is 4.79 Å². The SMILES string of the molecule is CCCCC/C=C\C/C=C\CCCCCCCCOC(=O)C1CC(OC(=O)CN2CC[C@H](C)C2)CN1C(=O)CCCCCCC/C=C\C/C=C\CCCCC. The molecule has 0 aliphatic carbocycles. The molecule has 3 atom stereocenters. The highest BCUT2D eigenvalue weighted by Gasteiger charge is 2.42. The Hall–Kier alpha value is -2.67. The molecule has 1 amide bonds. The standard InChI is InChI=1S/C48H82N2O5/c1-4-6-8-10-12-14-16-18-20-22-24-26-28-30-32-34-38-54-48(53)45-39-44(55-47(52)42-49-37-36-43(3)40-49)41-50(45)46(51)35-33-31-29-27-25-23-21-19-17-15-13-11-9-7-5-2/h12-15,18-21,43-45H,4-11,16-17,22-42H2,1-3H3/b14-12-,15-13-,20-18-,21-19-/t43-,44?,45?/m0/s1. The van der Waals surface area contributed by atoms with Crippen LogP contribution in [0.4, 0.5) is 0 Å². The predicted octanol–water partition coefficient (Wildman–Crippen LogP) is 12.0. The average molecular weight is 767 g/mol. The molecule has 0 aromatic rings. The van der Waals surface area contributed by atoms with Gasteiger partial charge in [-0.05, 0) is 95.9 Å². The zero-order valence-corrected chi connectivity index (χ0v) is 35.7. The molecule has 2 heterocycles. The molecule has 0 aromatic carbocycles. The molecule has 7 nitrogen and oxygen atoms in total. The van der Waals surface area contributed by atoms with E-state index in [1.165, 1.54) is 77.0 Å². The maximum Gasteiger partial charge on any atom is 0.329 e. The molecule has 314 valence electrons. The second-order valence-corrected chi connectivity index (χ2v) is 16.3. The summed E-state index contributed by atoms with van der Waals surface area (Å²) < 4.78 is 11.6. The summed E-state index contributed by atoms with van der Waals surface area (Å²) in [5, 5.41) is 0. The van der Waals surface area contributed by atoms with Crippen molar-refractivity contribution >= 4 is 17.8 Å². The molecule has 0 aromatic heterocycles. The minimum absolute atomic E-state index is 0.0340. The number of carbonyl (C=O) groups excluding carboxylic acids is 3. The zero-order valence-electron chi connectivity index (χ0n) is 35.7. The fraction of sp³-hybridized carbons (Fsp3) is 0.771. The predicted molar refractivity (Wildman–Crippen MR) is 230 cm³/mol. The Morgan fingerprint density at radius 1 is 0.618 bits per heavy atom. The first-order valence-corrected chi connectivity index (χ1v) is 22.9. The molecule has 7 heteroatoms. The van der Waals surface area contributed by atoms with Gasteiger partial charge in [-0.1, -0.05) is 140 Å². The number of esters is 2. The van der Waals surface area contributed by atoms with Crippen LogP contribution in [-0.4, -0.2) is 72.6 Å². The van der Waals surface area contributed by atoms with E-state index in [0.717, 1.165) is 90.1 Å². The molecule has 2 rings (SSSR count). The van der Waals surface area contributed by atoms with Crippen LogP contribution in [-0.2, 0) is 23.9 Å². The van der Waals surface area contributed by atoms with Crippen LogP contribution in [0.1, 0.15) is 188 Å². The molecule has 2 fully saturated rings. The first-order chi connectivity index (χ1) is 26.9. The number of ether oxygens (including phenoxy) is 2. The number of rotatable bonds is 33. The largest absolute Gasteiger partial charge is 0.464 e. The number of allylic oxidation sites excluding steroid dienone is 8. The van der Waals surface area contributed by atoms with Crippen molar-refractivity contribution in [3.8, 4) is 0 Å². The number of nitrogens with zero attached hydrogens (tertiary/aromatic N) is 2. The second kappa shape index (κ2) is 33.5. The summed E-state index contributed by atoms with van der Waals surface area (Å²) in [6, 6.07) is -0.681. The van der Waals surface area contributed by atoms with E-state index in [2.05, 4.69) is 74.3 Å². The summed E-state index contributed by atoms with van der Waals surface area (Å²) in [6.45, 7) is 9.40. The highest BCUT2D eigenvalue weighted by Crippen LogP contribution is 2.25. The minimum atomic E-state index is -0.681. The fourth-order valence-corrected chi connectivity index (χ4v) is 7.55. The average Bonchev–Trinajstić information content (AvgIpc) is 3.79. The lowest BCUT2D eigenvalue weighted by atomic mass is 10.1. The highest BCUT2D eigenvalue weighted by atomic mass is 16.6. The molecule has 2 saturated heterocycles. The molecule has 2 aliphatic heterocycles. The minimum Gasteiger partial charge on any atom is -0.464 e. The lowest BCUT2D eigenvalue weighted by molar-refractivity contribution is -0.153. The fourth-order valence-electron chi connectivity index (χ4n) is 7.55. The van der Waals surface area contributed by atoms with Crippen molar-refractivity contribution in [1.82, 2.24) is 9.80 Å². The summed E-state index contributed by atoms with van der Waals surface area (Å²) >= 11 is 0. The van der Waals surface area contributed by atoms with E-state index < -0.39 is 12.1 Å². The molecule has 2 unspecified atom stereocenters. The number of hydrogen-bond acceptors (Lipinski definition) is 6. The van der Waals surface area contributed by atoms with Gasteiger partial charge in [0.05, 0.1) is 19.7 Å². The number of amides is 1. The van der Waals surface area contributed by atoms with Gasteiger partial charge in [0.25, 0.3) is 0 Å². The number of unbranched alkanes of at least 4 members (excludes halogenated alkanes) is 17. The molecule has 0 bridgehead atoms. The third kappa shape index (κ3) is 25.3. The number of carbonyl (C=O) groups is 3. The summed E-state index contributed by atoms with van der Waals surface area (Å²) in [7, 11) is 0. The number of likely N-dealkylation sites (tertiary alicyclic amines) is 2. The maximum absolute atomic E-state index is 13.4. The first-order valence-electron chi connectivity index (χ1n) is 22.9. The van der Waals surface area contributed by atoms with Crippen molar-refractivity contribution in [1.29, 1.82) is 0 Å². The summed E-state index contributed by atoms with van der Waals surface area (Å²) in [5.74, 6) is -0.0719. The van der Waals surface area contributed by atoms with E-state index in [4.69, 9.17) is 9.47 Å². The van der Waals surface area contributed by atoms with Crippen LogP contribution in [0.2, 0.25) is 0 Å². The van der Waals surface area contributed by atoms with Crippen molar-refractivity contribution in [2.75, 3.05) is 32.8 Å². The highest BCUT2D eigenvalue weighted by molar-refractivity contribution is 5.85. The van der Waals surface area contributed by atoms with Crippen LogP contribution in [0, 0.1) is 5.92 Å². The van der Waals surface area contributed by atoms with Gasteiger partial charge in [-0.15, -0.1) is 0 Å². The Kier molecular flexibility index (Phi) is 29.5. The van der Waals surface area contributed by atoms with Crippen LogP contribution in [0.5, 0.6) is 0 Å². The van der Waals surface area contributed by atoms with Gasteiger partial charge in [-0.2, -0.15) is 0 Å². The lowest BCUT2D eigenvalue weighted by Crippen LogP contribution is -2.41. The van der Waals surface area contributed by atoms with E-state index in [0.29, 0.717) is 25.4 Å². The van der Waals surface area contributed by atoms with Crippen LogP contribution in [0.15, 0.2) is 48.6 Å². The Balaban J connectivity index is 1.65. The molecule has 55 heavy (non-hydrogen) atoms. The van der Waals surface area contributed by atoms with Gasteiger partial charge < -0.3 is 14.4 Å². The molecular formula is C48H82N2O5. The topological polar surface area (TPSA) is 76.2 Å². The Bertz CT molecular complexity index is 1110. The van der Waals surface area contributed by atoms with Crippen molar-refractivity contribution in [2.24, 2.45) is 5.92 Å². The quantitative estimate of drug-likeness (QED) is 0.0376. The van der Waals surface area contributed by atoms with E-state index >= 15 is 0 Å². The number of hydrogen-bond donors (Lipinski definition) is 0. The molecular weight excluding hydrogens is 685 g/mol. The summed E-state index contributed by atoms with van der Waals surface area (Å²) in [6.07, 6.45) is 46.0. The monoisotopic (exact) mass is 767 g/mol. The van der Waals surface area contributed by atoms with Crippen LogP contribution in [0.3, 0.4) is 0 Å². The molecule has 2 aliphatic rings. The van der Waals surface area contributed by atoms with Crippen molar-refractivity contribution < 1.29 is 23.9 Å². The van der Waals surface area contributed by atoms with Crippen LogP contribution in [0.25, 0.3) is 0 Å². The van der Waals surface area contributed by atoms with Crippen LogP contribution >= 0.6 is 0 Å². The van der Waals surface area contributed by atoms with E-state index in [9.17, 15) is 14.4 Å². The van der Waals surface area contributed by atoms with Crippen molar-refractivity contribution in [2.45, 2.75) is 200 Å². The van der Waals surface area contributed by atoms with Gasteiger partial charge in [0.1, 0.15) is 12.1 Å². The van der Waals surface area contributed by atoms with E-state index in [1.54, 1.807) is 4.90 Å². The van der Waals surface area contributed by atoms with Crippen LogP contribution < -0.4 is 0 Å². The van der Waals surface area contributed by atoms with E-state index in [1.807, 2.05) is 0 Å². The van der Waals surface area contributed by atoms with Gasteiger partial charge in [0.15, 0.2) is 0 Å². The lowest BCUT2D eigenvalue weighted by Gasteiger charge is -2.23. The van der Waals surface area contributed by atoms with Gasteiger partial charge in [-0.3, -0.25) is 14.5 Å². The summed E-state index contributed by atoms with van der Waals surface area (Å²) in [5.41, 5.74) is 0. The Labute approximate surface area is 337 Å². The normalized spacial score (nSPS) is 19.3. The molecule has 0 spiro atoms. The van der Waals surface area contributed by atoms with E-state index in [-0.39, 0.29) is 30.9 Å². The van der Waals surface area contributed by atoms with Crippen molar-refractivity contribution in [3.63, 3.8) is 0 Å². The molecule has 0 radical (unpaired) electrons. The van der Waals surface area contributed by atoms with Gasteiger partial charge in [0.2, 0.25) is 5.91 Å². The summed E-state index contributed by atoms with van der Waals surface area (Å²) in [4.78, 5) is 43.3. The van der Waals surface area contributed by atoms with Gasteiger partial charge >= 0.3 is 11.9 Å². The third-order valence-electron chi connectivity index (χ3n) is 10.9. The first kappa shape index (κ1) is 48.5. The second-order valence-electron chi connectivity index (χ2n) is 16.3. The molecule has 0 N–H and O–H groups in total. The Morgan fingerprint density at radius 2 is 1.13 bits per heavy atom. The smallest absolute Gasteiger partial charge is 0.329 e. The third-order valence-corrected chi connectivity index (χ3v) is 10.9. The zero-order chi connectivity index (χ0) is 39.6. The molecule has 0 saturated carbocycles. The maximum atomic E-state index is 13.4.